The first-order valence-corrected chi connectivity index (χ1v) is 9.62. The van der Waals surface area contributed by atoms with Crippen LogP contribution in [0.1, 0.15) is 25.0 Å². The Bertz CT molecular complexity index is 639. The molecule has 1 atom stereocenters. The van der Waals surface area contributed by atoms with E-state index in [-0.39, 0.29) is 36.4 Å². The van der Waals surface area contributed by atoms with Crippen LogP contribution in [0.15, 0.2) is 29.3 Å². The second-order valence-corrected chi connectivity index (χ2v) is 7.07. The minimum atomic E-state index is 0. The molecule has 1 unspecified atom stereocenters. The molecule has 0 spiro atoms. The minimum absolute atomic E-state index is 0. The van der Waals surface area contributed by atoms with Gasteiger partial charge in [-0.1, -0.05) is 24.3 Å². The third-order valence-corrected chi connectivity index (χ3v) is 4.39. The van der Waals surface area contributed by atoms with Crippen LogP contribution in [-0.2, 0) is 22.6 Å². The lowest BCUT2D eigenvalue weighted by Crippen LogP contribution is -2.42. The number of nitrogens with one attached hydrogen (secondary N) is 2. The average molecular weight is 503 g/mol. The largest absolute Gasteiger partial charge is 0.376 e. The van der Waals surface area contributed by atoms with Gasteiger partial charge in [0.25, 0.3) is 0 Å². The van der Waals surface area contributed by atoms with E-state index in [9.17, 15) is 4.79 Å². The third-order valence-electron chi connectivity index (χ3n) is 4.39. The molecule has 1 aromatic rings. The van der Waals surface area contributed by atoms with Crippen LogP contribution in [0.3, 0.4) is 0 Å². The number of rotatable bonds is 7. The van der Waals surface area contributed by atoms with Crippen molar-refractivity contribution >= 4 is 35.8 Å². The zero-order valence-electron chi connectivity index (χ0n) is 17.4. The number of morpholine rings is 1. The molecule has 1 saturated heterocycles. The summed E-state index contributed by atoms with van der Waals surface area (Å²) >= 11 is 0. The van der Waals surface area contributed by atoms with Crippen LogP contribution >= 0.6 is 24.0 Å². The Labute approximate surface area is 185 Å². The van der Waals surface area contributed by atoms with Gasteiger partial charge in [-0.15, -0.1) is 24.0 Å². The van der Waals surface area contributed by atoms with Crippen LogP contribution < -0.4 is 10.6 Å². The van der Waals surface area contributed by atoms with Crippen LogP contribution in [0.5, 0.6) is 0 Å². The van der Waals surface area contributed by atoms with Crippen LogP contribution in [0, 0.1) is 0 Å². The summed E-state index contributed by atoms with van der Waals surface area (Å²) < 4.78 is 5.61. The lowest BCUT2D eigenvalue weighted by Gasteiger charge is -2.31. The van der Waals surface area contributed by atoms with Gasteiger partial charge in [0.15, 0.2) is 5.96 Å². The van der Waals surface area contributed by atoms with E-state index in [2.05, 4.69) is 51.7 Å². The molecule has 8 heteroatoms. The molecule has 28 heavy (non-hydrogen) atoms. The summed E-state index contributed by atoms with van der Waals surface area (Å²) in [5.41, 5.74) is 2.45. The van der Waals surface area contributed by atoms with Gasteiger partial charge in [-0.2, -0.15) is 0 Å². The van der Waals surface area contributed by atoms with E-state index < -0.39 is 0 Å². The summed E-state index contributed by atoms with van der Waals surface area (Å²) in [6.45, 7) is 9.35. The first-order chi connectivity index (χ1) is 13.0. The van der Waals surface area contributed by atoms with E-state index in [0.717, 1.165) is 38.3 Å². The van der Waals surface area contributed by atoms with Crippen molar-refractivity contribution in [2.24, 2.45) is 4.99 Å². The fourth-order valence-corrected chi connectivity index (χ4v) is 2.95. The summed E-state index contributed by atoms with van der Waals surface area (Å²) in [6.07, 6.45) is 0.296. The van der Waals surface area contributed by atoms with Crippen LogP contribution in [0.25, 0.3) is 0 Å². The highest BCUT2D eigenvalue weighted by Gasteiger charge is 2.16. The highest BCUT2D eigenvalue weighted by atomic mass is 127. The van der Waals surface area contributed by atoms with Crippen molar-refractivity contribution in [2.75, 3.05) is 46.9 Å². The molecule has 1 amide bonds. The van der Waals surface area contributed by atoms with Crippen molar-refractivity contribution < 1.29 is 9.53 Å². The molecule has 0 aliphatic carbocycles. The molecule has 1 aliphatic rings. The van der Waals surface area contributed by atoms with Gasteiger partial charge in [0, 0.05) is 40.3 Å². The number of hydrogen-bond donors (Lipinski definition) is 2. The summed E-state index contributed by atoms with van der Waals surface area (Å²) in [6, 6.07) is 8.54. The molecule has 0 saturated carbocycles. The Balaban J connectivity index is 0.00000392. The van der Waals surface area contributed by atoms with Crippen LogP contribution in [0.4, 0.5) is 0 Å². The molecule has 0 radical (unpaired) electrons. The predicted octanol–water partition coefficient (Wildman–Crippen LogP) is 1.67. The number of aliphatic imine (C=N–C) groups is 1. The number of carbonyl (C=O) groups excluding carboxylic acids is 1. The SMILES string of the molecule is CCNC(=NCc1cccc(CN2CCOC(C)C2)c1)NCC(=O)N(C)C.I. The molecule has 1 fully saturated rings. The van der Waals surface area contributed by atoms with E-state index >= 15 is 0 Å². The zero-order chi connectivity index (χ0) is 19.6. The first kappa shape index (κ1) is 24.6. The van der Waals surface area contributed by atoms with Gasteiger partial charge in [0.05, 0.1) is 25.8 Å². The predicted molar refractivity (Wildman–Crippen MR) is 124 cm³/mol. The first-order valence-electron chi connectivity index (χ1n) is 9.62. The summed E-state index contributed by atoms with van der Waals surface area (Å²) in [4.78, 5) is 20.3. The van der Waals surface area contributed by atoms with Gasteiger partial charge in [-0.25, -0.2) is 4.99 Å². The Morgan fingerprint density at radius 1 is 1.32 bits per heavy atom. The molecule has 0 aromatic heterocycles. The lowest BCUT2D eigenvalue weighted by atomic mass is 10.1. The Morgan fingerprint density at radius 3 is 2.75 bits per heavy atom. The fraction of sp³-hybridized carbons (Fsp3) is 0.600. The van der Waals surface area contributed by atoms with Crippen molar-refractivity contribution in [1.82, 2.24) is 20.4 Å². The van der Waals surface area contributed by atoms with Gasteiger partial charge >= 0.3 is 0 Å². The summed E-state index contributed by atoms with van der Waals surface area (Å²) in [5.74, 6) is 0.669. The lowest BCUT2D eigenvalue weighted by molar-refractivity contribution is -0.127. The zero-order valence-corrected chi connectivity index (χ0v) is 19.7. The van der Waals surface area contributed by atoms with E-state index in [4.69, 9.17) is 4.74 Å². The normalized spacial score (nSPS) is 17.6. The van der Waals surface area contributed by atoms with Crippen molar-refractivity contribution in [3.05, 3.63) is 35.4 Å². The van der Waals surface area contributed by atoms with Crippen molar-refractivity contribution in [3.8, 4) is 0 Å². The van der Waals surface area contributed by atoms with Crippen molar-refractivity contribution in [3.63, 3.8) is 0 Å². The Kier molecular flexibility index (Phi) is 11.4. The third kappa shape index (κ3) is 8.74. The van der Waals surface area contributed by atoms with E-state index in [1.54, 1.807) is 19.0 Å². The maximum atomic E-state index is 11.7. The summed E-state index contributed by atoms with van der Waals surface area (Å²) in [7, 11) is 3.49. The van der Waals surface area contributed by atoms with E-state index in [1.165, 1.54) is 5.56 Å². The molecule has 1 aliphatic heterocycles. The number of nitrogens with zero attached hydrogens (tertiary/aromatic N) is 3. The highest BCUT2D eigenvalue weighted by Crippen LogP contribution is 2.12. The Morgan fingerprint density at radius 2 is 2.07 bits per heavy atom. The standard InChI is InChI=1S/C20H33N5O2.HI/c1-5-21-20(23-13-19(26)24(3)4)22-12-17-7-6-8-18(11-17)15-25-9-10-27-16(2)14-25;/h6-8,11,16H,5,9-10,12-15H2,1-4H3,(H2,21,22,23);1H. The molecule has 7 nitrogen and oxygen atoms in total. The average Bonchev–Trinajstić information content (AvgIpc) is 2.64. The molecule has 2 rings (SSSR count). The van der Waals surface area contributed by atoms with Gasteiger partial charge in [-0.05, 0) is 25.0 Å². The molecule has 0 bridgehead atoms. The number of benzene rings is 1. The second-order valence-electron chi connectivity index (χ2n) is 7.07. The van der Waals surface area contributed by atoms with Gasteiger partial charge in [0.2, 0.25) is 5.91 Å². The molecule has 1 heterocycles. The van der Waals surface area contributed by atoms with Gasteiger partial charge in [0.1, 0.15) is 0 Å². The number of halogens is 1. The van der Waals surface area contributed by atoms with Crippen molar-refractivity contribution in [1.29, 1.82) is 0 Å². The quantitative estimate of drug-likeness (QED) is 0.337. The van der Waals surface area contributed by atoms with E-state index in [0.29, 0.717) is 18.6 Å². The number of guanidine groups is 1. The number of hydrogen-bond acceptors (Lipinski definition) is 4. The maximum absolute atomic E-state index is 11.7. The van der Waals surface area contributed by atoms with E-state index in [1.807, 2.05) is 6.92 Å². The molecule has 2 N–H and O–H groups in total. The van der Waals surface area contributed by atoms with Gasteiger partial charge < -0.3 is 20.3 Å². The summed E-state index contributed by atoms with van der Waals surface area (Å²) in [5, 5.41) is 6.26. The number of ether oxygens (including phenoxy) is 1. The topological polar surface area (TPSA) is 69.2 Å². The maximum Gasteiger partial charge on any atom is 0.241 e. The Hall–Kier alpha value is -1.39. The second kappa shape index (κ2) is 12.9. The molecule has 158 valence electrons. The molecular formula is C20H34IN5O2. The van der Waals surface area contributed by atoms with Crippen LogP contribution in [-0.4, -0.2) is 74.7 Å². The number of likely N-dealkylation sites (N-methyl/N-ethyl adjacent to an activating group) is 1. The molecule has 1 aromatic carbocycles. The van der Waals surface area contributed by atoms with Crippen molar-refractivity contribution in [2.45, 2.75) is 33.0 Å². The minimum Gasteiger partial charge on any atom is -0.376 e. The highest BCUT2D eigenvalue weighted by molar-refractivity contribution is 14.0. The smallest absolute Gasteiger partial charge is 0.241 e. The number of carbonyl (C=O) groups is 1. The van der Waals surface area contributed by atoms with Gasteiger partial charge in [-0.3, -0.25) is 9.69 Å². The number of amides is 1. The van der Waals surface area contributed by atoms with Crippen LogP contribution in [0.2, 0.25) is 0 Å². The molecular weight excluding hydrogens is 469 g/mol. The fourth-order valence-electron chi connectivity index (χ4n) is 2.95. The monoisotopic (exact) mass is 503 g/mol.